The van der Waals surface area contributed by atoms with E-state index >= 15 is 0 Å². The average molecular weight is 247 g/mol. The van der Waals surface area contributed by atoms with E-state index in [2.05, 4.69) is 9.68 Å². The molecule has 7 nitrogen and oxygen atoms in total. The third-order valence-corrected chi connectivity index (χ3v) is 3.81. The molecule has 0 aromatic carbocycles. The van der Waals surface area contributed by atoms with Crippen molar-refractivity contribution < 1.29 is 27.6 Å². The predicted molar refractivity (Wildman–Crippen MR) is 51.8 cm³/mol. The van der Waals surface area contributed by atoms with Gasteiger partial charge in [-0.25, -0.2) is 13.2 Å². The lowest BCUT2D eigenvalue weighted by atomic mass is 10.3. The fraction of sp³-hybridized carbons (Fsp3) is 0.375. The van der Waals surface area contributed by atoms with Gasteiger partial charge in [-0.05, 0) is 13.8 Å². The summed E-state index contributed by atoms with van der Waals surface area (Å²) in [6, 6.07) is 0. The van der Waals surface area contributed by atoms with Crippen LogP contribution in [0.1, 0.15) is 34.8 Å². The smallest absolute Gasteiger partial charge is 0.341 e. The van der Waals surface area contributed by atoms with Gasteiger partial charge >= 0.3 is 11.1 Å². The number of hydrogen-bond donors (Lipinski definition) is 1. The first kappa shape index (κ1) is 12.4. The molecule has 0 bridgehead atoms. The van der Waals surface area contributed by atoms with Crippen molar-refractivity contribution in [1.29, 1.82) is 0 Å². The molecule has 88 valence electrons. The second kappa shape index (κ2) is 4.05. The third kappa shape index (κ3) is 1.96. The zero-order valence-electron chi connectivity index (χ0n) is 8.50. The molecule has 0 amide bonds. The molecule has 0 unspecified atom stereocenters. The Morgan fingerprint density at radius 3 is 2.44 bits per heavy atom. The van der Waals surface area contributed by atoms with Crippen molar-refractivity contribution in [3.8, 4) is 0 Å². The van der Waals surface area contributed by atoms with Crippen molar-refractivity contribution in [3.63, 3.8) is 0 Å². The van der Waals surface area contributed by atoms with Gasteiger partial charge in [0.15, 0.2) is 0 Å². The summed E-state index contributed by atoms with van der Waals surface area (Å²) in [6.45, 7) is 2.62. The molecule has 1 aromatic rings. The summed E-state index contributed by atoms with van der Waals surface area (Å²) in [5, 5.41) is 9.44. The standard InChI is InChI=1S/C8H9NO6S/c1-4(2)16(13,14)8(12)6-5(7(10)11)3-9-15-6/h3-4H,1-2H3,(H,10,11). The summed E-state index contributed by atoms with van der Waals surface area (Å²) in [5.41, 5.74) is -0.561. The fourth-order valence-corrected chi connectivity index (χ4v) is 1.72. The van der Waals surface area contributed by atoms with Crippen LogP contribution in [0.15, 0.2) is 10.7 Å². The van der Waals surface area contributed by atoms with Crippen LogP contribution in [-0.2, 0) is 9.84 Å². The van der Waals surface area contributed by atoms with Crippen molar-refractivity contribution in [3.05, 3.63) is 17.5 Å². The van der Waals surface area contributed by atoms with Gasteiger partial charge in [0, 0.05) is 0 Å². The van der Waals surface area contributed by atoms with Crippen LogP contribution in [0.3, 0.4) is 0 Å². The number of rotatable bonds is 3. The highest BCUT2D eigenvalue weighted by atomic mass is 32.2. The van der Waals surface area contributed by atoms with Crippen LogP contribution >= 0.6 is 0 Å². The number of sulfone groups is 1. The van der Waals surface area contributed by atoms with Crippen LogP contribution in [0.5, 0.6) is 0 Å². The monoisotopic (exact) mass is 247 g/mol. The van der Waals surface area contributed by atoms with Crippen molar-refractivity contribution in [2.45, 2.75) is 19.1 Å². The number of carbonyl (C=O) groups excluding carboxylic acids is 1. The van der Waals surface area contributed by atoms with Gasteiger partial charge in [0.2, 0.25) is 15.6 Å². The molecule has 16 heavy (non-hydrogen) atoms. The summed E-state index contributed by atoms with van der Waals surface area (Å²) in [4.78, 5) is 22.1. The van der Waals surface area contributed by atoms with E-state index in [0.29, 0.717) is 0 Å². The Morgan fingerprint density at radius 1 is 1.44 bits per heavy atom. The number of carboxylic acid groups (broad SMARTS) is 1. The molecule has 0 aliphatic rings. The summed E-state index contributed by atoms with van der Waals surface area (Å²) in [6.07, 6.45) is 0.783. The SMILES string of the molecule is CC(C)S(=O)(=O)C(=O)c1oncc1C(=O)O. The van der Waals surface area contributed by atoms with Crippen molar-refractivity contribution in [2.75, 3.05) is 0 Å². The zero-order valence-corrected chi connectivity index (χ0v) is 9.32. The minimum Gasteiger partial charge on any atom is -0.477 e. The number of carbonyl (C=O) groups is 2. The van der Waals surface area contributed by atoms with Gasteiger partial charge in [-0.3, -0.25) is 4.79 Å². The van der Waals surface area contributed by atoms with Crippen LogP contribution in [0.2, 0.25) is 0 Å². The molecule has 8 heteroatoms. The van der Waals surface area contributed by atoms with Crippen molar-refractivity contribution in [1.82, 2.24) is 5.16 Å². The number of aromatic nitrogens is 1. The molecule has 1 aromatic heterocycles. The van der Waals surface area contributed by atoms with E-state index in [-0.39, 0.29) is 0 Å². The van der Waals surface area contributed by atoms with Crippen LogP contribution in [-0.4, -0.2) is 35.0 Å². The molecular formula is C8H9NO6S. The largest absolute Gasteiger partial charge is 0.477 e. The van der Waals surface area contributed by atoms with Crippen LogP contribution in [0, 0.1) is 0 Å². The van der Waals surface area contributed by atoms with E-state index in [1.54, 1.807) is 0 Å². The molecule has 1 rings (SSSR count). The minimum absolute atomic E-state index is 0.561. The number of nitrogens with zero attached hydrogens (tertiary/aromatic N) is 1. The first-order chi connectivity index (χ1) is 7.28. The average Bonchev–Trinajstić information content (AvgIpc) is 2.64. The van der Waals surface area contributed by atoms with Gasteiger partial charge < -0.3 is 9.63 Å². The van der Waals surface area contributed by atoms with E-state index < -0.39 is 37.5 Å². The second-order valence-electron chi connectivity index (χ2n) is 3.25. The fourth-order valence-electron chi connectivity index (χ4n) is 0.882. The van der Waals surface area contributed by atoms with E-state index in [1.807, 2.05) is 0 Å². The molecule has 0 saturated carbocycles. The first-order valence-corrected chi connectivity index (χ1v) is 5.79. The Kier molecular flexibility index (Phi) is 3.13. The summed E-state index contributed by atoms with van der Waals surface area (Å²) in [7, 11) is -4.09. The Morgan fingerprint density at radius 2 is 2.00 bits per heavy atom. The van der Waals surface area contributed by atoms with E-state index in [9.17, 15) is 18.0 Å². The third-order valence-electron chi connectivity index (χ3n) is 1.87. The van der Waals surface area contributed by atoms with E-state index in [4.69, 9.17) is 5.11 Å². The lowest BCUT2D eigenvalue weighted by Crippen LogP contribution is -2.24. The number of carboxylic acids is 1. The topological polar surface area (TPSA) is 115 Å². The Bertz CT molecular complexity index is 526. The Labute approximate surface area is 91.0 Å². The summed E-state index contributed by atoms with van der Waals surface area (Å²) in [5.74, 6) is -2.23. The first-order valence-electron chi connectivity index (χ1n) is 4.24. The molecule has 0 aliphatic heterocycles. The van der Waals surface area contributed by atoms with E-state index in [1.165, 1.54) is 13.8 Å². The second-order valence-corrected chi connectivity index (χ2v) is 5.66. The van der Waals surface area contributed by atoms with Gasteiger partial charge in [0.25, 0.3) is 0 Å². The van der Waals surface area contributed by atoms with Crippen LogP contribution in [0.4, 0.5) is 0 Å². The van der Waals surface area contributed by atoms with Gasteiger partial charge in [-0.15, -0.1) is 0 Å². The highest BCUT2D eigenvalue weighted by Gasteiger charge is 2.34. The Balaban J connectivity index is 3.27. The molecule has 0 fully saturated rings. The lowest BCUT2D eigenvalue weighted by molar-refractivity contribution is 0.0691. The van der Waals surface area contributed by atoms with Gasteiger partial charge in [0.05, 0.1) is 11.4 Å². The van der Waals surface area contributed by atoms with Crippen molar-refractivity contribution in [2.24, 2.45) is 0 Å². The van der Waals surface area contributed by atoms with Gasteiger partial charge in [0.1, 0.15) is 5.56 Å². The molecule has 1 heterocycles. The predicted octanol–water partition coefficient (Wildman–Crippen LogP) is 0.336. The molecule has 0 spiro atoms. The maximum atomic E-state index is 11.5. The normalized spacial score (nSPS) is 11.7. The van der Waals surface area contributed by atoms with E-state index in [0.717, 1.165) is 6.20 Å². The maximum Gasteiger partial charge on any atom is 0.341 e. The van der Waals surface area contributed by atoms with Crippen molar-refractivity contribution >= 4 is 20.9 Å². The van der Waals surface area contributed by atoms with Crippen LogP contribution < -0.4 is 0 Å². The molecule has 0 aliphatic carbocycles. The number of hydrogen-bond acceptors (Lipinski definition) is 6. The molecule has 1 N–H and O–H groups in total. The lowest BCUT2D eigenvalue weighted by Gasteiger charge is -2.03. The quantitative estimate of drug-likeness (QED) is 0.818. The molecule has 0 atom stereocenters. The molecule has 0 saturated heterocycles. The molecular weight excluding hydrogens is 238 g/mol. The highest BCUT2D eigenvalue weighted by Crippen LogP contribution is 2.15. The minimum atomic E-state index is -4.09. The Hall–Kier alpha value is -1.70. The maximum absolute atomic E-state index is 11.5. The van der Waals surface area contributed by atoms with Crippen LogP contribution in [0.25, 0.3) is 0 Å². The summed E-state index contributed by atoms with van der Waals surface area (Å²) >= 11 is 0. The van der Waals surface area contributed by atoms with Gasteiger partial charge in [-0.2, -0.15) is 0 Å². The number of aromatic carboxylic acids is 1. The zero-order chi connectivity index (χ0) is 12.5. The summed E-state index contributed by atoms with van der Waals surface area (Å²) < 4.78 is 27.3. The molecule has 0 radical (unpaired) electrons. The van der Waals surface area contributed by atoms with Gasteiger partial charge in [-0.1, -0.05) is 5.16 Å². The highest BCUT2D eigenvalue weighted by molar-refractivity contribution is 8.07.